The molecular weight excluding hydrogens is 374 g/mol. The SMILES string of the molecule is O=C(NNc1ncnc(Nc2ccc(Cl)cc2)c1[N+](=O)[O-])c1ccncc1. The van der Waals surface area contributed by atoms with Crippen molar-refractivity contribution in [3.8, 4) is 0 Å². The zero-order chi connectivity index (χ0) is 19.2. The van der Waals surface area contributed by atoms with E-state index in [0.717, 1.165) is 6.33 Å². The lowest BCUT2D eigenvalue weighted by Crippen LogP contribution is -2.30. The van der Waals surface area contributed by atoms with E-state index < -0.39 is 16.5 Å². The summed E-state index contributed by atoms with van der Waals surface area (Å²) in [6.45, 7) is 0. The number of nitro groups is 1. The fourth-order valence-corrected chi connectivity index (χ4v) is 2.22. The van der Waals surface area contributed by atoms with Crippen LogP contribution in [0.4, 0.5) is 23.0 Å². The highest BCUT2D eigenvalue weighted by Crippen LogP contribution is 2.30. The number of rotatable bonds is 6. The van der Waals surface area contributed by atoms with Crippen LogP contribution < -0.4 is 16.2 Å². The highest BCUT2D eigenvalue weighted by Gasteiger charge is 2.23. The molecular formula is C16H12ClN7O3. The van der Waals surface area contributed by atoms with E-state index in [9.17, 15) is 14.9 Å². The third kappa shape index (κ3) is 4.44. The smallest absolute Gasteiger partial charge is 0.334 e. The topological polar surface area (TPSA) is 135 Å². The average molecular weight is 386 g/mol. The maximum absolute atomic E-state index is 12.1. The lowest BCUT2D eigenvalue weighted by atomic mass is 10.3. The predicted molar refractivity (Wildman–Crippen MR) is 98.7 cm³/mol. The van der Waals surface area contributed by atoms with Crippen molar-refractivity contribution in [2.75, 3.05) is 10.7 Å². The maximum atomic E-state index is 12.1. The number of carbonyl (C=O) groups is 1. The molecule has 0 fully saturated rings. The van der Waals surface area contributed by atoms with Gasteiger partial charge in [0.25, 0.3) is 5.91 Å². The number of aromatic nitrogens is 3. The number of hydrogen-bond acceptors (Lipinski definition) is 8. The van der Waals surface area contributed by atoms with Crippen molar-refractivity contribution < 1.29 is 9.72 Å². The summed E-state index contributed by atoms with van der Waals surface area (Å²) in [5.41, 5.74) is 5.26. The maximum Gasteiger partial charge on any atom is 0.355 e. The van der Waals surface area contributed by atoms with E-state index in [1.807, 2.05) is 0 Å². The van der Waals surface area contributed by atoms with Crippen molar-refractivity contribution in [2.45, 2.75) is 0 Å². The molecule has 2 aromatic heterocycles. The highest BCUT2D eigenvalue weighted by atomic mass is 35.5. The molecule has 10 nitrogen and oxygen atoms in total. The van der Waals surface area contributed by atoms with E-state index in [-0.39, 0.29) is 11.6 Å². The third-order valence-corrected chi connectivity index (χ3v) is 3.60. The molecule has 0 saturated heterocycles. The number of pyridine rings is 1. The summed E-state index contributed by atoms with van der Waals surface area (Å²) in [7, 11) is 0. The van der Waals surface area contributed by atoms with E-state index in [1.165, 1.54) is 24.5 Å². The van der Waals surface area contributed by atoms with Crippen molar-refractivity contribution in [3.63, 3.8) is 0 Å². The van der Waals surface area contributed by atoms with Crippen LogP contribution in [0, 0.1) is 10.1 Å². The van der Waals surface area contributed by atoms with Crippen LogP contribution in [0.5, 0.6) is 0 Å². The van der Waals surface area contributed by atoms with Gasteiger partial charge in [0.2, 0.25) is 11.6 Å². The summed E-state index contributed by atoms with van der Waals surface area (Å²) >= 11 is 5.83. The van der Waals surface area contributed by atoms with Gasteiger partial charge >= 0.3 is 5.69 Å². The minimum atomic E-state index is -0.654. The first-order valence-electron chi connectivity index (χ1n) is 7.53. The van der Waals surface area contributed by atoms with Gasteiger partial charge in [-0.15, -0.1) is 0 Å². The molecule has 3 rings (SSSR count). The van der Waals surface area contributed by atoms with Gasteiger partial charge in [-0.1, -0.05) is 11.6 Å². The van der Waals surface area contributed by atoms with Gasteiger partial charge in [-0.25, -0.2) is 9.97 Å². The second-order valence-corrected chi connectivity index (χ2v) is 5.56. The second kappa shape index (κ2) is 8.06. The molecule has 2 heterocycles. The van der Waals surface area contributed by atoms with E-state index in [0.29, 0.717) is 16.3 Å². The van der Waals surface area contributed by atoms with Gasteiger partial charge in [0.15, 0.2) is 0 Å². The standard InChI is InChI=1S/C16H12ClN7O3/c17-11-1-3-12(4-2-11)21-14-13(24(26)27)15(20-9-19-14)22-23-16(25)10-5-7-18-8-6-10/h1-9H,(H,23,25)(H2,19,20,21,22). The first-order valence-corrected chi connectivity index (χ1v) is 7.91. The van der Waals surface area contributed by atoms with Gasteiger partial charge in [0, 0.05) is 28.7 Å². The van der Waals surface area contributed by atoms with Crippen LogP contribution in [-0.2, 0) is 0 Å². The first kappa shape index (κ1) is 18.0. The number of carbonyl (C=O) groups excluding carboxylic acids is 1. The van der Waals surface area contributed by atoms with Crippen LogP contribution in [0.3, 0.4) is 0 Å². The molecule has 0 saturated carbocycles. The monoisotopic (exact) mass is 385 g/mol. The summed E-state index contributed by atoms with van der Waals surface area (Å²) in [5.74, 6) is -0.718. The van der Waals surface area contributed by atoms with Gasteiger partial charge in [0.05, 0.1) is 4.92 Å². The van der Waals surface area contributed by atoms with Crippen LogP contribution in [0.25, 0.3) is 0 Å². The molecule has 1 amide bonds. The number of nitrogens with zero attached hydrogens (tertiary/aromatic N) is 4. The Hall–Kier alpha value is -3.79. The molecule has 0 aliphatic carbocycles. The Morgan fingerprint density at radius 2 is 1.70 bits per heavy atom. The van der Waals surface area contributed by atoms with Crippen molar-refractivity contribution >= 4 is 40.5 Å². The van der Waals surface area contributed by atoms with E-state index in [4.69, 9.17) is 11.6 Å². The second-order valence-electron chi connectivity index (χ2n) is 5.12. The minimum Gasteiger partial charge on any atom is -0.334 e. The number of hydrogen-bond donors (Lipinski definition) is 3. The minimum absolute atomic E-state index is 0.0435. The lowest BCUT2D eigenvalue weighted by Gasteiger charge is -2.11. The summed E-state index contributed by atoms with van der Waals surface area (Å²) in [4.78, 5) is 34.5. The molecule has 3 N–H and O–H groups in total. The predicted octanol–water partition coefficient (Wildman–Crippen LogP) is 2.93. The van der Waals surface area contributed by atoms with Crippen molar-refractivity contribution in [1.29, 1.82) is 0 Å². The number of halogens is 1. The largest absolute Gasteiger partial charge is 0.355 e. The molecule has 0 aliphatic rings. The Kier molecular flexibility index (Phi) is 5.38. The molecule has 0 unspecified atom stereocenters. The van der Waals surface area contributed by atoms with Gasteiger partial charge < -0.3 is 5.32 Å². The Labute approximate surface area is 157 Å². The number of benzene rings is 1. The van der Waals surface area contributed by atoms with Gasteiger partial charge in [-0.3, -0.25) is 30.7 Å². The van der Waals surface area contributed by atoms with Crippen LogP contribution in [0.15, 0.2) is 55.1 Å². The Morgan fingerprint density at radius 1 is 1.04 bits per heavy atom. The van der Waals surface area contributed by atoms with E-state index >= 15 is 0 Å². The molecule has 11 heteroatoms. The summed E-state index contributed by atoms with van der Waals surface area (Å²) < 4.78 is 0. The number of hydrazine groups is 1. The Balaban J connectivity index is 1.82. The molecule has 0 radical (unpaired) electrons. The van der Waals surface area contributed by atoms with Gasteiger partial charge in [0.1, 0.15) is 6.33 Å². The Bertz CT molecular complexity index is 968. The van der Waals surface area contributed by atoms with Crippen molar-refractivity contribution in [3.05, 3.63) is 75.8 Å². The van der Waals surface area contributed by atoms with Crippen molar-refractivity contribution in [1.82, 2.24) is 20.4 Å². The summed E-state index contributed by atoms with van der Waals surface area (Å²) in [6.07, 6.45) is 4.04. The average Bonchev–Trinajstić information content (AvgIpc) is 2.68. The van der Waals surface area contributed by atoms with Crippen LogP contribution in [-0.4, -0.2) is 25.8 Å². The quantitative estimate of drug-likeness (QED) is 0.435. The summed E-state index contributed by atoms with van der Waals surface area (Å²) in [6, 6.07) is 9.55. The van der Waals surface area contributed by atoms with E-state index in [1.54, 1.807) is 24.3 Å². The zero-order valence-corrected chi connectivity index (χ0v) is 14.3. The van der Waals surface area contributed by atoms with Gasteiger partial charge in [-0.2, -0.15) is 0 Å². The molecule has 0 aliphatic heterocycles. The third-order valence-electron chi connectivity index (χ3n) is 3.35. The molecule has 1 aromatic carbocycles. The molecule has 0 bridgehead atoms. The molecule has 136 valence electrons. The molecule has 0 spiro atoms. The van der Waals surface area contributed by atoms with Crippen LogP contribution >= 0.6 is 11.6 Å². The van der Waals surface area contributed by atoms with Crippen LogP contribution in [0.2, 0.25) is 5.02 Å². The van der Waals surface area contributed by atoms with Gasteiger partial charge in [-0.05, 0) is 36.4 Å². The fourth-order valence-electron chi connectivity index (χ4n) is 2.10. The molecule has 27 heavy (non-hydrogen) atoms. The zero-order valence-electron chi connectivity index (χ0n) is 13.6. The number of nitrogens with one attached hydrogen (secondary N) is 3. The van der Waals surface area contributed by atoms with Crippen molar-refractivity contribution in [2.24, 2.45) is 0 Å². The lowest BCUT2D eigenvalue weighted by molar-refractivity contribution is -0.383. The van der Waals surface area contributed by atoms with Crippen LogP contribution in [0.1, 0.15) is 10.4 Å². The number of anilines is 3. The molecule has 0 atom stereocenters. The van der Waals surface area contributed by atoms with E-state index in [2.05, 4.69) is 31.1 Å². The number of amides is 1. The normalized spacial score (nSPS) is 10.1. The fraction of sp³-hybridized carbons (Fsp3) is 0. The Morgan fingerprint density at radius 3 is 2.37 bits per heavy atom. The highest BCUT2D eigenvalue weighted by molar-refractivity contribution is 6.30. The molecule has 3 aromatic rings. The first-order chi connectivity index (χ1) is 13.0. The summed E-state index contributed by atoms with van der Waals surface area (Å²) in [5, 5.41) is 14.9.